The third-order valence-electron chi connectivity index (χ3n) is 3.60. The topological polar surface area (TPSA) is 99.3 Å². The van der Waals surface area contributed by atoms with Crippen molar-refractivity contribution in [1.82, 2.24) is 16.2 Å². The summed E-state index contributed by atoms with van der Waals surface area (Å²) in [5.41, 5.74) is 5.93. The summed E-state index contributed by atoms with van der Waals surface area (Å²) in [4.78, 5) is 35.9. The monoisotopic (exact) mass is 452 g/mol. The van der Waals surface area contributed by atoms with Crippen molar-refractivity contribution in [3.8, 4) is 0 Å². The van der Waals surface area contributed by atoms with Crippen LogP contribution >= 0.6 is 35.4 Å². The highest BCUT2D eigenvalue weighted by molar-refractivity contribution is 7.80. The molecule has 0 saturated heterocycles. The highest BCUT2D eigenvalue weighted by Crippen LogP contribution is 2.20. The number of carbonyl (C=O) groups excluding carboxylic acids is 3. The van der Waals surface area contributed by atoms with Crippen LogP contribution in [0.25, 0.3) is 0 Å². The molecule has 0 unspecified atom stereocenters. The molecule has 0 radical (unpaired) electrons. The first-order valence-corrected chi connectivity index (χ1v) is 9.73. The normalized spacial score (nSPS) is 10.0. The van der Waals surface area contributed by atoms with E-state index in [1.807, 2.05) is 6.92 Å². The summed E-state index contributed by atoms with van der Waals surface area (Å²) in [5, 5.41) is 5.59. The fourth-order valence-corrected chi connectivity index (χ4v) is 2.85. The minimum atomic E-state index is -0.550. The Balaban J connectivity index is 1.85. The summed E-state index contributed by atoms with van der Waals surface area (Å²) in [6, 6.07) is 10.7. The lowest BCUT2D eigenvalue weighted by Gasteiger charge is -2.12. The molecule has 29 heavy (non-hydrogen) atoms. The van der Waals surface area contributed by atoms with Gasteiger partial charge in [0.25, 0.3) is 11.8 Å². The molecule has 7 nitrogen and oxygen atoms in total. The predicted molar refractivity (Wildman–Crippen MR) is 117 cm³/mol. The van der Waals surface area contributed by atoms with E-state index in [0.29, 0.717) is 22.7 Å². The Labute approximate surface area is 183 Å². The van der Waals surface area contributed by atoms with Gasteiger partial charge in [0, 0.05) is 22.7 Å². The maximum Gasteiger partial charge on any atom is 0.269 e. The molecule has 152 valence electrons. The SMILES string of the molecule is CCCC(=O)Nc1ccc(C(=O)NNC(=S)NC(=O)c2ccc(Cl)cc2Cl)cc1. The van der Waals surface area contributed by atoms with Crippen molar-refractivity contribution in [3.63, 3.8) is 0 Å². The smallest absolute Gasteiger partial charge is 0.269 e. The van der Waals surface area contributed by atoms with Gasteiger partial charge in [-0.1, -0.05) is 30.1 Å². The summed E-state index contributed by atoms with van der Waals surface area (Å²) >= 11 is 16.8. The molecule has 2 aromatic rings. The summed E-state index contributed by atoms with van der Waals surface area (Å²) in [5.74, 6) is -1.11. The number of benzene rings is 2. The van der Waals surface area contributed by atoms with Crippen LogP contribution in [0.4, 0.5) is 5.69 Å². The molecule has 0 aromatic heterocycles. The third kappa shape index (κ3) is 7.01. The molecule has 0 heterocycles. The molecule has 0 bridgehead atoms. The number of rotatable bonds is 5. The predicted octanol–water partition coefficient (Wildman–Crippen LogP) is 3.68. The second-order valence-electron chi connectivity index (χ2n) is 5.86. The maximum atomic E-state index is 12.2. The van der Waals surface area contributed by atoms with Gasteiger partial charge in [-0.05, 0) is 61.1 Å². The van der Waals surface area contributed by atoms with Crippen molar-refractivity contribution < 1.29 is 14.4 Å². The van der Waals surface area contributed by atoms with Gasteiger partial charge in [-0.3, -0.25) is 30.6 Å². The largest absolute Gasteiger partial charge is 0.326 e. The Morgan fingerprint density at radius 1 is 0.966 bits per heavy atom. The molecule has 0 atom stereocenters. The number of anilines is 1. The van der Waals surface area contributed by atoms with Gasteiger partial charge in [-0.2, -0.15) is 0 Å². The molecule has 0 aliphatic heterocycles. The van der Waals surface area contributed by atoms with E-state index >= 15 is 0 Å². The van der Waals surface area contributed by atoms with Crippen LogP contribution in [0.2, 0.25) is 10.0 Å². The number of hydrazine groups is 1. The van der Waals surface area contributed by atoms with Crippen LogP contribution in [0.5, 0.6) is 0 Å². The van der Waals surface area contributed by atoms with E-state index < -0.39 is 11.8 Å². The van der Waals surface area contributed by atoms with Crippen molar-refractivity contribution in [2.75, 3.05) is 5.32 Å². The van der Waals surface area contributed by atoms with Crippen LogP contribution in [-0.2, 0) is 4.79 Å². The number of amides is 3. The minimum absolute atomic E-state index is 0.0896. The summed E-state index contributed by atoms with van der Waals surface area (Å²) < 4.78 is 0. The second-order valence-corrected chi connectivity index (χ2v) is 7.11. The van der Waals surface area contributed by atoms with Crippen LogP contribution in [0.15, 0.2) is 42.5 Å². The van der Waals surface area contributed by atoms with Gasteiger partial charge in [0.2, 0.25) is 5.91 Å². The van der Waals surface area contributed by atoms with Crippen LogP contribution in [0, 0.1) is 0 Å². The van der Waals surface area contributed by atoms with E-state index in [9.17, 15) is 14.4 Å². The lowest BCUT2D eigenvalue weighted by molar-refractivity contribution is -0.116. The van der Waals surface area contributed by atoms with E-state index in [2.05, 4.69) is 21.5 Å². The van der Waals surface area contributed by atoms with Gasteiger partial charge >= 0.3 is 0 Å². The zero-order valence-electron chi connectivity index (χ0n) is 15.3. The van der Waals surface area contributed by atoms with E-state index in [1.165, 1.54) is 18.2 Å². The highest BCUT2D eigenvalue weighted by atomic mass is 35.5. The standard InChI is InChI=1S/C19H18Cl2N4O3S/c1-2-3-16(26)22-13-7-4-11(5-8-13)17(27)24-25-19(29)23-18(28)14-9-6-12(20)10-15(14)21/h4-10H,2-3H2,1H3,(H,22,26)(H,24,27)(H2,23,25,28,29). The molecular weight excluding hydrogens is 435 g/mol. The zero-order valence-corrected chi connectivity index (χ0v) is 17.7. The molecule has 0 saturated carbocycles. The molecule has 0 aliphatic rings. The van der Waals surface area contributed by atoms with E-state index in [4.69, 9.17) is 35.4 Å². The number of hydrogen-bond donors (Lipinski definition) is 4. The molecule has 2 rings (SSSR count). The zero-order chi connectivity index (χ0) is 21.4. The molecule has 2 aromatic carbocycles. The summed E-state index contributed by atoms with van der Waals surface area (Å²) in [6.07, 6.45) is 1.18. The molecule has 0 fully saturated rings. The summed E-state index contributed by atoms with van der Waals surface area (Å²) in [7, 11) is 0. The molecule has 3 amide bonds. The van der Waals surface area contributed by atoms with Crippen molar-refractivity contribution in [2.45, 2.75) is 19.8 Å². The van der Waals surface area contributed by atoms with Gasteiger partial charge in [0.1, 0.15) is 0 Å². The molecule has 10 heteroatoms. The van der Waals surface area contributed by atoms with Gasteiger partial charge in [0.05, 0.1) is 10.6 Å². The Morgan fingerprint density at radius 3 is 2.28 bits per heavy atom. The van der Waals surface area contributed by atoms with Crippen LogP contribution in [-0.4, -0.2) is 22.8 Å². The second kappa shape index (κ2) is 10.8. The van der Waals surface area contributed by atoms with Crippen LogP contribution in [0.1, 0.15) is 40.5 Å². The molecule has 4 N–H and O–H groups in total. The Hall–Kier alpha value is -2.68. The number of hydrogen-bond acceptors (Lipinski definition) is 4. The fourth-order valence-electron chi connectivity index (χ4n) is 2.22. The van der Waals surface area contributed by atoms with E-state index in [-0.39, 0.29) is 21.6 Å². The Kier molecular flexibility index (Phi) is 8.38. The summed E-state index contributed by atoms with van der Waals surface area (Å²) in [6.45, 7) is 1.91. The van der Waals surface area contributed by atoms with Gasteiger partial charge in [-0.25, -0.2) is 0 Å². The van der Waals surface area contributed by atoms with Crippen molar-refractivity contribution in [2.24, 2.45) is 0 Å². The molecule has 0 aliphatic carbocycles. The highest BCUT2D eigenvalue weighted by Gasteiger charge is 2.13. The Morgan fingerprint density at radius 2 is 1.66 bits per heavy atom. The number of thiocarbonyl (C=S) groups is 1. The maximum absolute atomic E-state index is 12.2. The first kappa shape index (κ1) is 22.6. The number of halogens is 2. The average Bonchev–Trinajstić information content (AvgIpc) is 2.66. The fraction of sp³-hybridized carbons (Fsp3) is 0.158. The van der Waals surface area contributed by atoms with Crippen LogP contribution in [0.3, 0.4) is 0 Å². The van der Waals surface area contributed by atoms with Gasteiger partial charge in [-0.15, -0.1) is 0 Å². The quantitative estimate of drug-likeness (QED) is 0.409. The Bertz CT molecular complexity index is 936. The molecular formula is C19H18Cl2N4O3S. The van der Waals surface area contributed by atoms with E-state index in [1.54, 1.807) is 24.3 Å². The lowest BCUT2D eigenvalue weighted by Crippen LogP contribution is -2.48. The molecule has 0 spiro atoms. The van der Waals surface area contributed by atoms with Crippen molar-refractivity contribution >= 4 is 63.9 Å². The number of carbonyl (C=O) groups is 3. The lowest BCUT2D eigenvalue weighted by atomic mass is 10.2. The average molecular weight is 453 g/mol. The van der Waals surface area contributed by atoms with Gasteiger partial charge in [0.15, 0.2) is 5.11 Å². The minimum Gasteiger partial charge on any atom is -0.326 e. The third-order valence-corrected chi connectivity index (χ3v) is 4.35. The first-order valence-electron chi connectivity index (χ1n) is 8.56. The van der Waals surface area contributed by atoms with Crippen LogP contribution < -0.4 is 21.5 Å². The first-order chi connectivity index (χ1) is 13.8. The van der Waals surface area contributed by atoms with E-state index in [0.717, 1.165) is 6.42 Å². The number of nitrogens with one attached hydrogen (secondary N) is 4. The van der Waals surface area contributed by atoms with Crippen molar-refractivity contribution in [3.05, 3.63) is 63.6 Å². The van der Waals surface area contributed by atoms with Gasteiger partial charge < -0.3 is 5.32 Å². The van der Waals surface area contributed by atoms with Crippen molar-refractivity contribution in [1.29, 1.82) is 0 Å².